The Bertz CT molecular complexity index is 516. The predicted molar refractivity (Wildman–Crippen MR) is 70.4 cm³/mol. The molecule has 0 amide bonds. The van der Waals surface area contributed by atoms with Crippen molar-refractivity contribution in [2.45, 2.75) is 19.5 Å². The Kier molecular flexibility index (Phi) is 4.43. The lowest BCUT2D eigenvalue weighted by molar-refractivity contribution is 0.670. The van der Waals surface area contributed by atoms with E-state index in [0.717, 1.165) is 22.8 Å². The van der Waals surface area contributed by atoms with Gasteiger partial charge in [-0.2, -0.15) is 0 Å². The van der Waals surface area contributed by atoms with E-state index in [-0.39, 0.29) is 4.87 Å². The molecule has 2 aromatic rings. The fraction of sp³-hybridized carbons (Fsp3) is 0.400. The van der Waals surface area contributed by atoms with E-state index >= 15 is 0 Å². The standard InChI is InChI=1S/C10H14N4OS2/c11-2-1-9-13-7(5-16-9)3-12-4-8-6-17-10(15)14-8/h5-6,12H,1-4,11H2,(H,14,15). The molecule has 2 aromatic heterocycles. The highest BCUT2D eigenvalue weighted by molar-refractivity contribution is 7.09. The van der Waals surface area contributed by atoms with Crippen LogP contribution in [0.4, 0.5) is 0 Å². The molecule has 92 valence electrons. The van der Waals surface area contributed by atoms with Gasteiger partial charge in [0, 0.05) is 36.0 Å². The Morgan fingerprint density at radius 3 is 2.94 bits per heavy atom. The molecule has 0 atom stereocenters. The van der Waals surface area contributed by atoms with Gasteiger partial charge in [0.2, 0.25) is 0 Å². The lowest BCUT2D eigenvalue weighted by Gasteiger charge is -1.99. The molecule has 0 bridgehead atoms. The van der Waals surface area contributed by atoms with E-state index in [1.165, 1.54) is 11.3 Å². The van der Waals surface area contributed by atoms with Crippen molar-refractivity contribution in [1.82, 2.24) is 15.3 Å². The molecular formula is C10H14N4OS2. The van der Waals surface area contributed by atoms with Gasteiger partial charge in [0.1, 0.15) is 0 Å². The van der Waals surface area contributed by atoms with Gasteiger partial charge in [-0.15, -0.1) is 11.3 Å². The molecule has 7 heteroatoms. The third-order valence-corrected chi connectivity index (χ3v) is 3.83. The number of aromatic nitrogens is 2. The average molecular weight is 270 g/mol. The summed E-state index contributed by atoms with van der Waals surface area (Å²) in [6, 6.07) is 0. The van der Waals surface area contributed by atoms with E-state index in [9.17, 15) is 4.79 Å². The van der Waals surface area contributed by atoms with Crippen molar-refractivity contribution >= 4 is 22.7 Å². The first-order chi connectivity index (χ1) is 8.28. The van der Waals surface area contributed by atoms with E-state index in [4.69, 9.17) is 5.73 Å². The Labute approximate surface area is 107 Å². The molecule has 17 heavy (non-hydrogen) atoms. The lowest BCUT2D eigenvalue weighted by atomic mass is 10.4. The van der Waals surface area contributed by atoms with Gasteiger partial charge in [0.15, 0.2) is 0 Å². The van der Waals surface area contributed by atoms with Crippen LogP contribution < -0.4 is 15.9 Å². The number of rotatable bonds is 6. The minimum Gasteiger partial charge on any atom is -0.330 e. The number of hydrogen-bond acceptors (Lipinski definition) is 6. The zero-order valence-corrected chi connectivity index (χ0v) is 10.9. The average Bonchev–Trinajstić information content (AvgIpc) is 2.89. The second-order valence-electron chi connectivity index (χ2n) is 3.55. The smallest absolute Gasteiger partial charge is 0.304 e. The topological polar surface area (TPSA) is 83.8 Å². The molecule has 0 saturated carbocycles. The zero-order valence-electron chi connectivity index (χ0n) is 9.23. The van der Waals surface area contributed by atoms with Gasteiger partial charge in [-0.3, -0.25) is 4.79 Å². The Balaban J connectivity index is 1.79. The number of thiazole rings is 2. The fourth-order valence-electron chi connectivity index (χ4n) is 1.39. The van der Waals surface area contributed by atoms with Crippen molar-refractivity contribution in [3.8, 4) is 0 Å². The largest absolute Gasteiger partial charge is 0.330 e. The van der Waals surface area contributed by atoms with Crippen molar-refractivity contribution < 1.29 is 0 Å². The molecule has 2 heterocycles. The maximum atomic E-state index is 10.9. The molecule has 0 aliphatic heterocycles. The summed E-state index contributed by atoms with van der Waals surface area (Å²) in [4.78, 5) is 18.1. The minimum absolute atomic E-state index is 0.0132. The van der Waals surface area contributed by atoms with Crippen molar-refractivity contribution in [3.63, 3.8) is 0 Å². The molecular weight excluding hydrogens is 256 g/mol. The molecule has 2 rings (SSSR count). The maximum absolute atomic E-state index is 10.9. The van der Waals surface area contributed by atoms with Crippen LogP contribution in [0.2, 0.25) is 0 Å². The molecule has 5 nitrogen and oxygen atoms in total. The van der Waals surface area contributed by atoms with Crippen LogP contribution in [0, 0.1) is 0 Å². The molecule has 0 spiro atoms. The van der Waals surface area contributed by atoms with Crippen LogP contribution >= 0.6 is 22.7 Å². The first kappa shape index (κ1) is 12.4. The minimum atomic E-state index is -0.0132. The maximum Gasteiger partial charge on any atom is 0.304 e. The number of nitrogens with two attached hydrogens (primary N) is 1. The lowest BCUT2D eigenvalue weighted by Crippen LogP contribution is -2.14. The van der Waals surface area contributed by atoms with E-state index in [1.54, 1.807) is 11.3 Å². The summed E-state index contributed by atoms with van der Waals surface area (Å²) >= 11 is 2.82. The third kappa shape index (κ3) is 3.74. The van der Waals surface area contributed by atoms with Gasteiger partial charge in [0.25, 0.3) is 0 Å². The zero-order chi connectivity index (χ0) is 12.1. The number of nitrogens with one attached hydrogen (secondary N) is 2. The Morgan fingerprint density at radius 1 is 1.35 bits per heavy atom. The predicted octanol–water partition coefficient (Wildman–Crippen LogP) is 0.684. The number of hydrogen-bond donors (Lipinski definition) is 3. The molecule has 4 N–H and O–H groups in total. The third-order valence-electron chi connectivity index (χ3n) is 2.15. The van der Waals surface area contributed by atoms with Crippen LogP contribution in [0.15, 0.2) is 15.6 Å². The first-order valence-electron chi connectivity index (χ1n) is 5.28. The number of nitrogens with zero attached hydrogens (tertiary/aromatic N) is 1. The van der Waals surface area contributed by atoms with Gasteiger partial charge in [-0.05, 0) is 6.54 Å². The van der Waals surface area contributed by atoms with Crippen LogP contribution in [-0.4, -0.2) is 16.5 Å². The van der Waals surface area contributed by atoms with Crippen LogP contribution in [0.3, 0.4) is 0 Å². The summed E-state index contributed by atoms with van der Waals surface area (Å²) in [5, 5.41) is 8.18. The summed E-state index contributed by atoms with van der Waals surface area (Å²) in [7, 11) is 0. The van der Waals surface area contributed by atoms with Gasteiger partial charge in [-0.1, -0.05) is 11.3 Å². The monoisotopic (exact) mass is 270 g/mol. The first-order valence-corrected chi connectivity index (χ1v) is 7.04. The summed E-state index contributed by atoms with van der Waals surface area (Å²) in [6.45, 7) is 2.00. The molecule has 0 saturated heterocycles. The highest BCUT2D eigenvalue weighted by Gasteiger charge is 2.01. The summed E-state index contributed by atoms with van der Waals surface area (Å²) in [5.41, 5.74) is 7.41. The normalized spacial score (nSPS) is 10.9. The number of aromatic amines is 1. The quantitative estimate of drug-likeness (QED) is 0.721. The Hall–Kier alpha value is -1.02. The van der Waals surface area contributed by atoms with Crippen LogP contribution in [0.1, 0.15) is 16.4 Å². The van der Waals surface area contributed by atoms with Crippen molar-refractivity contribution in [1.29, 1.82) is 0 Å². The molecule has 0 aliphatic carbocycles. The Morgan fingerprint density at radius 2 is 2.24 bits per heavy atom. The highest BCUT2D eigenvalue weighted by Crippen LogP contribution is 2.09. The van der Waals surface area contributed by atoms with Crippen molar-refractivity contribution in [3.05, 3.63) is 36.8 Å². The summed E-state index contributed by atoms with van der Waals surface area (Å²) < 4.78 is 0. The molecule has 0 aromatic carbocycles. The van der Waals surface area contributed by atoms with E-state index < -0.39 is 0 Å². The number of H-pyrrole nitrogens is 1. The van der Waals surface area contributed by atoms with E-state index in [0.29, 0.717) is 19.6 Å². The summed E-state index contributed by atoms with van der Waals surface area (Å²) in [6.07, 6.45) is 0.836. The highest BCUT2D eigenvalue weighted by atomic mass is 32.1. The van der Waals surface area contributed by atoms with Crippen LogP contribution in [0.25, 0.3) is 0 Å². The van der Waals surface area contributed by atoms with Gasteiger partial charge in [0.05, 0.1) is 10.7 Å². The van der Waals surface area contributed by atoms with Gasteiger partial charge in [-0.25, -0.2) is 4.98 Å². The second-order valence-corrected chi connectivity index (χ2v) is 5.33. The van der Waals surface area contributed by atoms with Gasteiger partial charge < -0.3 is 16.0 Å². The van der Waals surface area contributed by atoms with Gasteiger partial charge >= 0.3 is 4.87 Å². The molecule has 0 aliphatic rings. The van der Waals surface area contributed by atoms with Crippen molar-refractivity contribution in [2.24, 2.45) is 5.73 Å². The molecule has 0 radical (unpaired) electrons. The van der Waals surface area contributed by atoms with Crippen LogP contribution in [-0.2, 0) is 19.5 Å². The van der Waals surface area contributed by atoms with Crippen molar-refractivity contribution in [2.75, 3.05) is 6.54 Å². The fourth-order valence-corrected chi connectivity index (χ4v) is 2.79. The van der Waals surface area contributed by atoms with E-state index in [1.807, 2.05) is 10.8 Å². The second kappa shape index (κ2) is 6.06. The van der Waals surface area contributed by atoms with E-state index in [2.05, 4.69) is 15.3 Å². The molecule has 0 unspecified atom stereocenters. The van der Waals surface area contributed by atoms with Crippen LogP contribution in [0.5, 0.6) is 0 Å². The summed E-state index contributed by atoms with van der Waals surface area (Å²) in [5.74, 6) is 0. The SMILES string of the molecule is NCCc1nc(CNCc2csc(=O)[nH]2)cs1. The molecule has 0 fully saturated rings.